The molecule has 45 heavy (non-hydrogen) atoms. The number of benzene rings is 2. The highest BCUT2D eigenvalue weighted by molar-refractivity contribution is 5.90. The summed E-state index contributed by atoms with van der Waals surface area (Å²) in [7, 11) is 0. The zero-order valence-electron chi connectivity index (χ0n) is 25.5. The number of aromatic nitrogens is 2. The molecule has 3 aromatic rings. The molecular weight excluding hydrogens is 582 g/mol. The molecule has 13 nitrogen and oxygen atoms in total. The van der Waals surface area contributed by atoms with Crippen molar-refractivity contribution in [3.05, 3.63) is 84.5 Å². The molecule has 0 amide bonds. The van der Waals surface area contributed by atoms with Crippen molar-refractivity contribution in [3.63, 3.8) is 0 Å². The van der Waals surface area contributed by atoms with Gasteiger partial charge in [0, 0.05) is 63.6 Å². The molecule has 0 saturated carbocycles. The van der Waals surface area contributed by atoms with Gasteiger partial charge in [-0.2, -0.15) is 0 Å². The van der Waals surface area contributed by atoms with Gasteiger partial charge in [0.05, 0.1) is 17.6 Å². The molecule has 0 aliphatic carbocycles. The molecule has 1 aliphatic heterocycles. The Morgan fingerprint density at radius 3 is 1.71 bits per heavy atom. The lowest BCUT2D eigenvalue weighted by Gasteiger charge is -2.36. The maximum atomic E-state index is 9.55. The average molecular weight is 624 g/mol. The largest absolute Gasteiger partial charge is 0.478 e. The van der Waals surface area contributed by atoms with Crippen molar-refractivity contribution in [3.8, 4) is 0 Å². The number of rotatable bonds is 12. The molecular formula is C32H41N5O8. The summed E-state index contributed by atoms with van der Waals surface area (Å²) < 4.78 is 2.39. The number of hydrogen-bond donors (Lipinski definition) is 4. The van der Waals surface area contributed by atoms with Gasteiger partial charge in [0.2, 0.25) is 5.95 Å². The maximum absolute atomic E-state index is 9.55. The number of piperazine rings is 1. The lowest BCUT2D eigenvalue weighted by atomic mass is 10.2. The van der Waals surface area contributed by atoms with Crippen LogP contribution >= 0.6 is 0 Å². The standard InChI is InChI=1S/C24H33N5.2C4H4O4/c1-3-26(4-2)14-15-27-16-18-28(19-17-27)24-25-22-12-8-9-13-23(22)29(24)20-21-10-6-5-7-11-21;2*5-3(6)1-2-4(7)8/h5-13H,3-4,14-20H2,1-2H3;2*1-2H,(H,5,6)(H,7,8)/b;2*2-1+. The number of carbonyl (C=O) groups is 4. The van der Waals surface area contributed by atoms with Crippen LogP contribution in [0.4, 0.5) is 5.95 Å². The minimum absolute atomic E-state index is 0.558. The van der Waals surface area contributed by atoms with Gasteiger partial charge in [0.1, 0.15) is 0 Å². The molecule has 1 saturated heterocycles. The first kappa shape index (κ1) is 36.2. The van der Waals surface area contributed by atoms with Crippen LogP contribution in [-0.4, -0.2) is 116 Å². The summed E-state index contributed by atoms with van der Waals surface area (Å²) >= 11 is 0. The fourth-order valence-corrected chi connectivity index (χ4v) is 4.51. The van der Waals surface area contributed by atoms with Crippen molar-refractivity contribution in [1.29, 1.82) is 0 Å². The second-order valence-electron chi connectivity index (χ2n) is 9.85. The Labute approximate surface area is 261 Å². The van der Waals surface area contributed by atoms with Gasteiger partial charge in [-0.1, -0.05) is 56.3 Å². The number of anilines is 1. The van der Waals surface area contributed by atoms with Crippen LogP contribution in [0.15, 0.2) is 78.9 Å². The molecule has 4 N–H and O–H groups in total. The number of likely N-dealkylation sites (N-methyl/N-ethyl adjacent to an activating group) is 1. The first-order valence-corrected chi connectivity index (χ1v) is 14.5. The first-order valence-electron chi connectivity index (χ1n) is 14.5. The number of imidazole rings is 1. The smallest absolute Gasteiger partial charge is 0.328 e. The molecule has 0 bridgehead atoms. The Hall–Kier alpha value is -5.01. The van der Waals surface area contributed by atoms with Gasteiger partial charge in [-0.15, -0.1) is 0 Å². The highest BCUT2D eigenvalue weighted by atomic mass is 16.4. The van der Waals surface area contributed by atoms with Crippen molar-refractivity contribution in [2.75, 3.05) is 57.3 Å². The molecule has 0 unspecified atom stereocenters. The molecule has 1 aliphatic rings. The highest BCUT2D eigenvalue weighted by Crippen LogP contribution is 2.25. The van der Waals surface area contributed by atoms with Crippen LogP contribution in [0.1, 0.15) is 19.4 Å². The van der Waals surface area contributed by atoms with Gasteiger partial charge in [-0.05, 0) is 30.8 Å². The Kier molecular flexibility index (Phi) is 15.5. The molecule has 1 fully saturated rings. The zero-order chi connectivity index (χ0) is 33.2. The number of fused-ring (bicyclic) bond motifs is 1. The topological polar surface area (TPSA) is 177 Å². The second-order valence-corrected chi connectivity index (χ2v) is 9.85. The third-order valence-corrected chi connectivity index (χ3v) is 6.84. The van der Waals surface area contributed by atoms with Gasteiger partial charge in [-0.25, -0.2) is 24.2 Å². The van der Waals surface area contributed by atoms with E-state index in [0.29, 0.717) is 24.3 Å². The van der Waals surface area contributed by atoms with E-state index in [1.54, 1.807) is 0 Å². The van der Waals surface area contributed by atoms with E-state index >= 15 is 0 Å². The monoisotopic (exact) mass is 623 g/mol. The SMILES string of the molecule is CCN(CC)CCN1CCN(c2nc3ccccc3n2Cc2ccccc2)CC1.O=C(O)/C=C/C(=O)O.O=C(O)/C=C/C(=O)O. The van der Waals surface area contributed by atoms with E-state index in [-0.39, 0.29) is 0 Å². The number of hydrogen-bond acceptors (Lipinski definition) is 8. The number of carboxylic acid groups (broad SMARTS) is 4. The molecule has 2 aromatic carbocycles. The fourth-order valence-electron chi connectivity index (χ4n) is 4.51. The number of carboxylic acids is 4. The summed E-state index contributed by atoms with van der Waals surface area (Å²) in [6, 6.07) is 19.2. The van der Waals surface area contributed by atoms with E-state index in [2.05, 4.69) is 87.7 Å². The van der Waals surface area contributed by atoms with Crippen molar-refractivity contribution in [2.24, 2.45) is 0 Å². The minimum Gasteiger partial charge on any atom is -0.478 e. The van der Waals surface area contributed by atoms with Gasteiger partial charge in [0.15, 0.2) is 0 Å². The van der Waals surface area contributed by atoms with Crippen molar-refractivity contribution in [1.82, 2.24) is 19.4 Å². The summed E-state index contributed by atoms with van der Waals surface area (Å²) in [5.41, 5.74) is 3.62. The highest BCUT2D eigenvalue weighted by Gasteiger charge is 2.22. The van der Waals surface area contributed by atoms with Crippen LogP contribution in [0, 0.1) is 0 Å². The third kappa shape index (κ3) is 13.4. The average Bonchev–Trinajstić information content (AvgIpc) is 3.39. The molecule has 0 atom stereocenters. The quantitative estimate of drug-likeness (QED) is 0.217. The van der Waals surface area contributed by atoms with E-state index in [4.69, 9.17) is 25.4 Å². The fraction of sp³-hybridized carbons (Fsp3) is 0.344. The summed E-state index contributed by atoms with van der Waals surface area (Å²) in [5.74, 6) is -3.92. The Morgan fingerprint density at radius 1 is 0.733 bits per heavy atom. The van der Waals surface area contributed by atoms with Crippen molar-refractivity contribution < 1.29 is 39.6 Å². The van der Waals surface area contributed by atoms with Gasteiger partial charge < -0.3 is 34.8 Å². The predicted octanol–water partition coefficient (Wildman–Crippen LogP) is 2.97. The minimum atomic E-state index is -1.26. The number of nitrogens with zero attached hydrogens (tertiary/aromatic N) is 5. The van der Waals surface area contributed by atoms with Crippen molar-refractivity contribution >= 4 is 40.9 Å². The van der Waals surface area contributed by atoms with Gasteiger partial charge >= 0.3 is 23.9 Å². The molecule has 1 aromatic heterocycles. The van der Waals surface area contributed by atoms with E-state index < -0.39 is 23.9 Å². The van der Waals surface area contributed by atoms with E-state index in [1.165, 1.54) is 17.6 Å². The Morgan fingerprint density at radius 2 is 1.22 bits per heavy atom. The maximum Gasteiger partial charge on any atom is 0.328 e. The lowest BCUT2D eigenvalue weighted by molar-refractivity contribution is -0.134. The molecule has 0 radical (unpaired) electrons. The van der Waals surface area contributed by atoms with Crippen LogP contribution in [0.2, 0.25) is 0 Å². The van der Waals surface area contributed by atoms with Crippen molar-refractivity contribution in [2.45, 2.75) is 20.4 Å². The van der Waals surface area contributed by atoms with E-state index in [9.17, 15) is 19.2 Å². The summed E-state index contributed by atoms with van der Waals surface area (Å²) in [6.45, 7) is 14.3. The van der Waals surface area contributed by atoms with Crippen LogP contribution in [0.5, 0.6) is 0 Å². The zero-order valence-corrected chi connectivity index (χ0v) is 25.5. The molecule has 0 spiro atoms. The summed E-state index contributed by atoms with van der Waals surface area (Å²) in [6.07, 6.45) is 2.23. The summed E-state index contributed by atoms with van der Waals surface area (Å²) in [4.78, 5) is 50.8. The lowest BCUT2D eigenvalue weighted by Crippen LogP contribution is -2.49. The molecule has 4 rings (SSSR count). The van der Waals surface area contributed by atoms with E-state index in [0.717, 1.165) is 63.8 Å². The third-order valence-electron chi connectivity index (χ3n) is 6.84. The molecule has 242 valence electrons. The Bertz CT molecular complexity index is 1380. The van der Waals surface area contributed by atoms with Crippen LogP contribution in [0.3, 0.4) is 0 Å². The first-order chi connectivity index (χ1) is 21.5. The molecule has 13 heteroatoms. The van der Waals surface area contributed by atoms with Gasteiger partial charge in [0.25, 0.3) is 0 Å². The Balaban J connectivity index is 0.000000365. The molecule has 2 heterocycles. The van der Waals surface area contributed by atoms with Crippen LogP contribution < -0.4 is 4.90 Å². The predicted molar refractivity (Wildman–Crippen MR) is 171 cm³/mol. The number of aliphatic carboxylic acids is 4. The van der Waals surface area contributed by atoms with Crippen LogP contribution in [0.25, 0.3) is 11.0 Å². The second kappa shape index (κ2) is 19.3. The normalized spacial score (nSPS) is 13.4. The van der Waals surface area contributed by atoms with Crippen LogP contribution in [-0.2, 0) is 25.7 Å². The number of para-hydroxylation sites is 2. The van der Waals surface area contributed by atoms with E-state index in [1.807, 2.05) is 0 Å². The van der Waals surface area contributed by atoms with Gasteiger partial charge in [-0.3, -0.25) is 4.90 Å². The summed E-state index contributed by atoms with van der Waals surface area (Å²) in [5, 5.41) is 31.2.